The fraction of sp³-hybridized carbons (Fsp3) is 0.833. The van der Waals surface area contributed by atoms with Gasteiger partial charge < -0.3 is 13.5 Å². The van der Waals surface area contributed by atoms with E-state index in [-0.39, 0.29) is 0 Å². The molecular formula is C6ClF12O2-. The second-order valence-electron chi connectivity index (χ2n) is 3.05. The van der Waals surface area contributed by atoms with Crippen molar-refractivity contribution in [2.24, 2.45) is 0 Å². The van der Waals surface area contributed by atoms with Gasteiger partial charge in [-0.1, -0.05) is 11.6 Å². The molecular weight excluding hydrogens is 367 g/mol. The van der Waals surface area contributed by atoms with Crippen LogP contribution in [0.15, 0.2) is 0 Å². The zero-order chi connectivity index (χ0) is 17.5. The average molecular weight is 367 g/mol. The van der Waals surface area contributed by atoms with Gasteiger partial charge in [0.05, 0.1) is 0 Å². The maximum Gasteiger partial charge on any atom is 0.475 e. The molecule has 0 spiro atoms. The van der Waals surface area contributed by atoms with Gasteiger partial charge in [-0.3, -0.25) is 0 Å². The number of alkyl halides is 11. The first-order valence-corrected chi connectivity index (χ1v) is 4.40. The average Bonchev–Trinajstić information content (AvgIpc) is 2.10. The van der Waals surface area contributed by atoms with E-state index in [2.05, 4.69) is 11.6 Å². The first kappa shape index (κ1) is 20.4. The third-order valence-corrected chi connectivity index (χ3v) is 1.96. The fourth-order valence-electron chi connectivity index (χ4n) is 0.630. The molecule has 0 N–H and O–H groups in total. The standard InChI is InChI=1S/C6ClF12O2/c7-2(10,3(11,12)13)5(17,18)21-6(19,4(14,15)16)20-1(8)9/q-1. The molecule has 2 nitrogen and oxygen atoms in total. The van der Waals surface area contributed by atoms with Crippen LogP contribution in [0.1, 0.15) is 0 Å². The highest BCUT2D eigenvalue weighted by molar-refractivity contribution is 6.24. The summed E-state index contributed by atoms with van der Waals surface area (Å²) >= 11 is 3.65. The van der Waals surface area contributed by atoms with Crippen molar-refractivity contribution in [2.45, 2.75) is 29.6 Å². The van der Waals surface area contributed by atoms with Crippen molar-refractivity contribution >= 4 is 11.6 Å². The van der Waals surface area contributed by atoms with Crippen LogP contribution in [-0.4, -0.2) is 29.6 Å². The molecule has 2 unspecified atom stereocenters. The Kier molecular flexibility index (Phi) is 5.37. The topological polar surface area (TPSA) is 18.5 Å². The highest BCUT2D eigenvalue weighted by atomic mass is 35.5. The van der Waals surface area contributed by atoms with Crippen LogP contribution in [0.4, 0.5) is 52.7 Å². The predicted octanol–water partition coefficient (Wildman–Crippen LogP) is 4.65. The van der Waals surface area contributed by atoms with Crippen molar-refractivity contribution in [1.82, 2.24) is 0 Å². The smallest absolute Gasteiger partial charge is 0.429 e. The van der Waals surface area contributed by atoms with Crippen LogP contribution in [0.2, 0.25) is 0 Å². The molecule has 0 fully saturated rings. The Bertz CT molecular complexity index is 362. The molecule has 128 valence electrons. The molecule has 0 aromatic carbocycles. The Morgan fingerprint density at radius 2 is 1.10 bits per heavy atom. The Morgan fingerprint density at radius 1 is 0.714 bits per heavy atom. The summed E-state index contributed by atoms with van der Waals surface area (Å²) in [5, 5.41) is -6.36. The molecule has 21 heavy (non-hydrogen) atoms. The molecule has 0 radical (unpaired) electrons. The van der Waals surface area contributed by atoms with E-state index in [9.17, 15) is 52.7 Å². The number of hydrogen-bond donors (Lipinski definition) is 0. The summed E-state index contributed by atoms with van der Waals surface area (Å²) in [4.78, 5) is 0. The van der Waals surface area contributed by atoms with Crippen LogP contribution in [-0.2, 0) is 9.47 Å². The van der Waals surface area contributed by atoms with E-state index in [0.717, 1.165) is 0 Å². The molecule has 0 aliphatic carbocycles. The van der Waals surface area contributed by atoms with Gasteiger partial charge in [0.15, 0.2) is 0 Å². The van der Waals surface area contributed by atoms with Crippen molar-refractivity contribution in [3.05, 3.63) is 6.61 Å². The van der Waals surface area contributed by atoms with Crippen molar-refractivity contribution in [3.8, 4) is 0 Å². The van der Waals surface area contributed by atoms with Crippen molar-refractivity contribution in [1.29, 1.82) is 0 Å². The molecule has 0 amide bonds. The molecule has 0 aromatic rings. The van der Waals surface area contributed by atoms with Crippen LogP contribution in [0.5, 0.6) is 0 Å². The minimum Gasteiger partial charge on any atom is -0.429 e. The van der Waals surface area contributed by atoms with E-state index in [1.165, 1.54) is 0 Å². The van der Waals surface area contributed by atoms with Gasteiger partial charge >= 0.3 is 29.6 Å². The highest BCUT2D eigenvalue weighted by Crippen LogP contribution is 2.52. The lowest BCUT2D eigenvalue weighted by Gasteiger charge is -2.37. The normalized spacial score (nSPS) is 20.3. The van der Waals surface area contributed by atoms with Crippen LogP contribution < -0.4 is 0 Å². The molecule has 0 saturated carbocycles. The van der Waals surface area contributed by atoms with Crippen LogP contribution in [0.25, 0.3) is 0 Å². The van der Waals surface area contributed by atoms with E-state index in [0.29, 0.717) is 0 Å². The molecule has 0 aromatic heterocycles. The van der Waals surface area contributed by atoms with Gasteiger partial charge in [-0.2, -0.15) is 39.5 Å². The Morgan fingerprint density at radius 3 is 1.33 bits per heavy atom. The molecule has 15 heteroatoms. The Hall–Kier alpha value is -0.630. The molecule has 0 heterocycles. The number of rotatable bonds is 5. The molecule has 0 aliphatic rings. The van der Waals surface area contributed by atoms with Crippen LogP contribution in [0, 0.1) is 6.61 Å². The molecule has 0 aliphatic heterocycles. The predicted molar refractivity (Wildman–Crippen MR) is 38.2 cm³/mol. The maximum atomic E-state index is 12.8. The zero-order valence-electron chi connectivity index (χ0n) is 8.73. The summed E-state index contributed by atoms with van der Waals surface area (Å²) in [7, 11) is 0. The van der Waals surface area contributed by atoms with E-state index in [4.69, 9.17) is 0 Å². The van der Waals surface area contributed by atoms with Gasteiger partial charge in [-0.25, -0.2) is 9.13 Å². The monoisotopic (exact) mass is 367 g/mol. The Labute approximate surface area is 111 Å². The first-order valence-electron chi connectivity index (χ1n) is 4.02. The number of hydrogen-bond acceptors (Lipinski definition) is 2. The zero-order valence-corrected chi connectivity index (χ0v) is 9.49. The number of halogens is 13. The second kappa shape index (κ2) is 5.53. The highest BCUT2D eigenvalue weighted by Gasteiger charge is 2.76. The van der Waals surface area contributed by atoms with Crippen molar-refractivity contribution in [2.75, 3.05) is 0 Å². The maximum absolute atomic E-state index is 12.8. The quantitative estimate of drug-likeness (QED) is 0.305. The summed E-state index contributed by atoms with van der Waals surface area (Å²) in [5.74, 6) is 0. The van der Waals surface area contributed by atoms with Gasteiger partial charge in [0.25, 0.3) is 0 Å². The molecule has 0 bridgehead atoms. The van der Waals surface area contributed by atoms with Gasteiger partial charge in [-0.15, -0.1) is 0 Å². The van der Waals surface area contributed by atoms with Gasteiger partial charge in [0, 0.05) is 0 Å². The van der Waals surface area contributed by atoms with Gasteiger partial charge in [-0.05, 0) is 0 Å². The summed E-state index contributed by atoms with van der Waals surface area (Å²) in [6.45, 7) is -3.95. The SMILES string of the molecule is F[C-](F)OC(F)(OC(F)(F)C(F)(Cl)C(F)(F)F)C(F)(F)F. The van der Waals surface area contributed by atoms with Crippen molar-refractivity contribution < 1.29 is 62.2 Å². The minimum atomic E-state index is -6.85. The van der Waals surface area contributed by atoms with E-state index < -0.39 is 36.2 Å². The van der Waals surface area contributed by atoms with E-state index in [1.807, 2.05) is 9.47 Å². The molecule has 0 saturated heterocycles. The minimum absolute atomic E-state index is 1.82. The Balaban J connectivity index is 5.64. The van der Waals surface area contributed by atoms with Crippen LogP contribution in [0.3, 0.4) is 0 Å². The van der Waals surface area contributed by atoms with Gasteiger partial charge in [0.1, 0.15) is 6.61 Å². The fourth-order valence-corrected chi connectivity index (χ4v) is 0.668. The van der Waals surface area contributed by atoms with E-state index in [1.54, 1.807) is 0 Å². The van der Waals surface area contributed by atoms with Crippen molar-refractivity contribution in [3.63, 3.8) is 0 Å². The third kappa shape index (κ3) is 4.18. The lowest BCUT2D eigenvalue weighted by molar-refractivity contribution is -0.516. The summed E-state index contributed by atoms with van der Waals surface area (Å²) in [6.07, 6.45) is -20.4. The van der Waals surface area contributed by atoms with E-state index >= 15 is 0 Å². The lowest BCUT2D eigenvalue weighted by atomic mass is 10.3. The number of ether oxygens (including phenoxy) is 2. The molecule has 0 rings (SSSR count). The van der Waals surface area contributed by atoms with Gasteiger partial charge in [0.2, 0.25) is 0 Å². The second-order valence-corrected chi connectivity index (χ2v) is 3.57. The molecule has 2 atom stereocenters. The largest absolute Gasteiger partial charge is 0.475 e. The summed E-state index contributed by atoms with van der Waals surface area (Å²) in [5.41, 5.74) is 0. The third-order valence-electron chi connectivity index (χ3n) is 1.53. The van der Waals surface area contributed by atoms with Crippen LogP contribution >= 0.6 is 11.6 Å². The summed E-state index contributed by atoms with van der Waals surface area (Å²) in [6, 6.07) is -6.49. The first-order chi connectivity index (χ1) is 8.87. The lowest BCUT2D eigenvalue weighted by Crippen LogP contribution is -2.59. The summed E-state index contributed by atoms with van der Waals surface area (Å²) < 4.78 is 149.